The van der Waals surface area contributed by atoms with Gasteiger partial charge in [0.2, 0.25) is 0 Å². The van der Waals surface area contributed by atoms with E-state index in [9.17, 15) is 4.79 Å². The molecule has 0 heterocycles. The summed E-state index contributed by atoms with van der Waals surface area (Å²) in [6.45, 7) is 0.591. The molecule has 0 amide bonds. The predicted octanol–water partition coefficient (Wildman–Crippen LogP) is -0.452. The molecule has 0 saturated carbocycles. The van der Waals surface area contributed by atoms with Gasteiger partial charge in [-0.3, -0.25) is 4.79 Å². The molecule has 0 spiro atoms. The maximum atomic E-state index is 10.1. The predicted molar refractivity (Wildman–Crippen MR) is 54.9 cm³/mol. The van der Waals surface area contributed by atoms with E-state index < -0.39 is 12.0 Å². The summed E-state index contributed by atoms with van der Waals surface area (Å²) in [4.78, 5) is 10.1. The quantitative estimate of drug-likeness (QED) is 0.273. The van der Waals surface area contributed by atoms with E-state index in [0.29, 0.717) is 12.3 Å². The van der Waals surface area contributed by atoms with Crippen LogP contribution in [0.4, 0.5) is 0 Å². The maximum absolute atomic E-state index is 10.1. The van der Waals surface area contributed by atoms with Crippen molar-refractivity contribution in [2.24, 2.45) is 11.5 Å². The summed E-state index contributed by atoms with van der Waals surface area (Å²) in [6.07, 6.45) is 0. The van der Waals surface area contributed by atoms with Crippen molar-refractivity contribution >= 4 is 36.8 Å². The van der Waals surface area contributed by atoms with Crippen LogP contribution >= 0.6 is 19.1 Å². The summed E-state index contributed by atoms with van der Waals surface area (Å²) < 4.78 is 0. The molecule has 4 nitrogen and oxygen atoms in total. The summed E-state index contributed by atoms with van der Waals surface area (Å²) in [5, 5.41) is 8.32. The Hall–Kier alpha value is 0.982. The molecule has 0 rings (SSSR count). The van der Waals surface area contributed by atoms with Crippen LogP contribution < -0.4 is 11.5 Å². The molecule has 0 radical (unpaired) electrons. The summed E-state index contributed by atoms with van der Waals surface area (Å²) in [7, 11) is 9.63. The number of aliphatic carboxylic acids is 1. The zero-order valence-corrected chi connectivity index (χ0v) is 10.7. The fraction of sp³-hybridized carbons (Fsp3) is 0.800. The summed E-state index contributed by atoms with van der Waals surface area (Å²) >= 11 is 0.911. The molecule has 0 aliphatic heterocycles. The van der Waals surface area contributed by atoms with Crippen molar-refractivity contribution in [3.8, 4) is 0 Å². The van der Waals surface area contributed by atoms with Crippen LogP contribution in [0.2, 0.25) is 0 Å². The molecule has 5 N–H and O–H groups in total. The Morgan fingerprint density at radius 2 is 2.08 bits per heavy atom. The molecule has 1 atom stereocenters. The Labute approximate surface area is 97.8 Å². The molecule has 0 saturated heterocycles. The second-order valence-electron chi connectivity index (χ2n) is 1.91. The molecule has 0 aromatic rings. The van der Waals surface area contributed by atoms with Gasteiger partial charge in [-0.25, -0.2) is 0 Å². The normalized spacial score (nSPS) is 11.7. The molecule has 0 aromatic heterocycles. The molecule has 0 aromatic carbocycles. The van der Waals surface area contributed by atoms with E-state index in [1.54, 1.807) is 0 Å². The number of halogens is 2. The molecule has 0 aliphatic carbocycles. The first-order chi connectivity index (χ1) is 6.09. The number of carboxylic acids is 1. The van der Waals surface area contributed by atoms with Crippen molar-refractivity contribution in [2.75, 3.05) is 18.1 Å². The first kappa shape index (κ1) is 16.4. The topological polar surface area (TPSA) is 89.3 Å². The fourth-order valence-corrected chi connectivity index (χ4v) is 1.20. The van der Waals surface area contributed by atoms with Gasteiger partial charge in [-0.15, -0.1) is 0 Å². The van der Waals surface area contributed by atoms with Crippen LogP contribution in [-0.2, 0) is 32.5 Å². The number of hydrogen-bond donors (Lipinski definition) is 3. The van der Waals surface area contributed by atoms with Crippen LogP contribution in [0.1, 0.15) is 0 Å². The van der Waals surface area contributed by atoms with Crippen LogP contribution in [0.15, 0.2) is 0 Å². The fourth-order valence-electron chi connectivity index (χ4n) is 0.400. The number of thiol groups is 1. The Morgan fingerprint density at radius 1 is 1.62 bits per heavy atom. The third-order valence-electron chi connectivity index (χ3n) is 0.930. The van der Waals surface area contributed by atoms with Gasteiger partial charge in [0.15, 0.2) is 0 Å². The zero-order chi connectivity index (χ0) is 10.7. The van der Waals surface area contributed by atoms with Crippen LogP contribution in [0.3, 0.4) is 0 Å². The Kier molecular flexibility index (Phi) is 16.4. The van der Waals surface area contributed by atoms with Crippen LogP contribution in [0, 0.1) is 0 Å². The SMILES string of the molecule is NCC[SH+]CC(N)C(=O)O.[Cl][Pd][Cl]. The summed E-state index contributed by atoms with van der Waals surface area (Å²) in [6, 6.07) is -0.729. The third-order valence-corrected chi connectivity index (χ3v) is 2.16. The van der Waals surface area contributed by atoms with Crippen molar-refractivity contribution in [1.29, 1.82) is 0 Å². The molecule has 8 heteroatoms. The monoisotopic (exact) mass is 341 g/mol. The van der Waals surface area contributed by atoms with Crippen LogP contribution in [0.25, 0.3) is 0 Å². The standard InChI is InChI=1S/C5H12N2O2S.2ClH.Pd/c6-1-2-10-3-4(7)5(8)9;;;/h4H,1-3,6-7H2,(H,8,9);2*1H;/q;;;+2/p-1. The molecule has 0 aliphatic rings. The van der Waals surface area contributed by atoms with Crippen molar-refractivity contribution in [1.82, 2.24) is 0 Å². The molecular formula is C5H13Cl2N2O2PdS+. The van der Waals surface area contributed by atoms with E-state index in [2.05, 4.69) is 0 Å². The Balaban J connectivity index is 0. The molecule has 84 valence electrons. The molecule has 0 fully saturated rings. The van der Waals surface area contributed by atoms with Gasteiger partial charge in [0.1, 0.15) is 17.5 Å². The van der Waals surface area contributed by atoms with Gasteiger partial charge in [0.05, 0.1) is 0 Å². The Morgan fingerprint density at radius 3 is 2.38 bits per heavy atom. The van der Waals surface area contributed by atoms with Crippen LogP contribution in [0.5, 0.6) is 0 Å². The van der Waals surface area contributed by atoms with E-state index in [-0.39, 0.29) is 15.9 Å². The molecule has 0 bridgehead atoms. The van der Waals surface area contributed by atoms with E-state index in [1.807, 2.05) is 0 Å². The zero-order valence-electron chi connectivity index (χ0n) is 6.73. The van der Waals surface area contributed by atoms with Gasteiger partial charge in [0, 0.05) is 6.54 Å². The van der Waals surface area contributed by atoms with Crippen molar-refractivity contribution in [3.05, 3.63) is 0 Å². The molecular weight excluding hydrogens is 329 g/mol. The van der Waals surface area contributed by atoms with E-state index in [0.717, 1.165) is 17.5 Å². The molecule has 13 heavy (non-hydrogen) atoms. The van der Waals surface area contributed by atoms with Crippen molar-refractivity contribution in [3.63, 3.8) is 0 Å². The van der Waals surface area contributed by atoms with Gasteiger partial charge in [-0.1, -0.05) is 0 Å². The number of carboxylic acid groups (broad SMARTS) is 1. The second kappa shape index (κ2) is 13.0. The third kappa shape index (κ3) is 15.7. The van der Waals surface area contributed by atoms with Crippen molar-refractivity contribution in [2.45, 2.75) is 6.04 Å². The van der Waals surface area contributed by atoms with E-state index in [4.69, 9.17) is 35.6 Å². The van der Waals surface area contributed by atoms with Crippen LogP contribution in [-0.4, -0.2) is 35.2 Å². The first-order valence-corrected chi connectivity index (χ1v) is 8.51. The minimum atomic E-state index is -0.940. The first-order valence-electron chi connectivity index (χ1n) is 3.24. The average molecular weight is 343 g/mol. The summed E-state index contributed by atoms with van der Waals surface area (Å²) in [5.74, 6) is 0.373. The van der Waals surface area contributed by atoms with Gasteiger partial charge < -0.3 is 16.6 Å². The van der Waals surface area contributed by atoms with Crippen molar-refractivity contribution < 1.29 is 25.8 Å². The van der Waals surface area contributed by atoms with Gasteiger partial charge in [-0.05, 0) is 11.8 Å². The number of rotatable bonds is 5. The number of carbonyl (C=O) groups is 1. The summed E-state index contributed by atoms with van der Waals surface area (Å²) in [5.41, 5.74) is 10.4. The molecule has 1 unspecified atom stereocenters. The van der Waals surface area contributed by atoms with Gasteiger partial charge >= 0.3 is 41.0 Å². The van der Waals surface area contributed by atoms with E-state index >= 15 is 0 Å². The van der Waals surface area contributed by atoms with Gasteiger partial charge in [0.25, 0.3) is 0 Å². The van der Waals surface area contributed by atoms with Gasteiger partial charge in [-0.2, -0.15) is 0 Å². The van der Waals surface area contributed by atoms with E-state index in [1.165, 1.54) is 0 Å². The number of nitrogens with two attached hydrogens (primary N) is 2. The minimum absolute atomic E-state index is 0.106. The Bertz CT molecular complexity index is 133. The second-order valence-corrected chi connectivity index (χ2v) is 5.53. The number of hydrogen-bond acceptors (Lipinski definition) is 3. The average Bonchev–Trinajstić information content (AvgIpc) is 2.06.